The highest BCUT2D eigenvalue weighted by atomic mass is 32.1. The molecule has 2 N–H and O–H groups in total. The molecular formula is C18H23N3O5S. The number of ether oxygens (including phenoxy) is 1. The third-order valence-electron chi connectivity index (χ3n) is 5.01. The average Bonchev–Trinajstić information content (AvgIpc) is 3.24. The number of carbonyl (C=O) groups is 4. The van der Waals surface area contributed by atoms with E-state index >= 15 is 0 Å². The van der Waals surface area contributed by atoms with Gasteiger partial charge in [-0.05, 0) is 45.1 Å². The van der Waals surface area contributed by atoms with Crippen molar-refractivity contribution in [3.63, 3.8) is 0 Å². The Kier molecular flexibility index (Phi) is 5.23. The first-order chi connectivity index (χ1) is 12.8. The topological polar surface area (TPSA) is 105 Å². The molecule has 0 saturated carbocycles. The van der Waals surface area contributed by atoms with Gasteiger partial charge in [-0.2, -0.15) is 0 Å². The second-order valence-corrected chi connectivity index (χ2v) is 7.94. The molecule has 27 heavy (non-hydrogen) atoms. The number of esters is 1. The summed E-state index contributed by atoms with van der Waals surface area (Å²) in [6, 6.07) is -0.584. The maximum Gasteiger partial charge on any atom is 0.341 e. The van der Waals surface area contributed by atoms with Crippen molar-refractivity contribution in [2.75, 3.05) is 18.5 Å². The normalized spacial score (nSPS) is 21.2. The SMILES string of the molecule is CCOC(=O)c1c(NC(=O)CN2C(=O)N[C@](C)(CC)C2=O)sc2c1CCC2. The van der Waals surface area contributed by atoms with E-state index in [1.54, 1.807) is 20.8 Å². The monoisotopic (exact) mass is 393 g/mol. The number of carbonyl (C=O) groups excluding carboxylic acids is 4. The largest absolute Gasteiger partial charge is 0.462 e. The Labute approximate surface area is 161 Å². The summed E-state index contributed by atoms with van der Waals surface area (Å²) < 4.78 is 5.13. The van der Waals surface area contributed by atoms with E-state index in [4.69, 9.17) is 4.74 Å². The quantitative estimate of drug-likeness (QED) is 0.569. The first-order valence-electron chi connectivity index (χ1n) is 9.06. The van der Waals surface area contributed by atoms with Gasteiger partial charge in [-0.3, -0.25) is 14.5 Å². The van der Waals surface area contributed by atoms with Crippen molar-refractivity contribution >= 4 is 40.2 Å². The number of urea groups is 1. The number of nitrogens with zero attached hydrogens (tertiary/aromatic N) is 1. The maximum absolute atomic E-state index is 12.5. The Morgan fingerprint density at radius 2 is 2.04 bits per heavy atom. The third kappa shape index (κ3) is 3.43. The van der Waals surface area contributed by atoms with Crippen molar-refractivity contribution < 1.29 is 23.9 Å². The second-order valence-electron chi connectivity index (χ2n) is 6.84. The number of anilines is 1. The van der Waals surface area contributed by atoms with Crippen LogP contribution in [-0.2, 0) is 27.2 Å². The molecule has 0 bridgehead atoms. The van der Waals surface area contributed by atoms with Gasteiger partial charge in [-0.1, -0.05) is 6.92 Å². The zero-order valence-electron chi connectivity index (χ0n) is 15.6. The predicted molar refractivity (Wildman–Crippen MR) is 99.9 cm³/mol. The molecule has 1 atom stereocenters. The summed E-state index contributed by atoms with van der Waals surface area (Å²) in [7, 11) is 0. The number of thiophene rings is 1. The van der Waals surface area contributed by atoms with Crippen LogP contribution in [0.2, 0.25) is 0 Å². The molecule has 3 rings (SSSR count). The molecule has 1 aliphatic heterocycles. The van der Waals surface area contributed by atoms with Crippen LogP contribution in [0.1, 0.15) is 54.4 Å². The summed E-state index contributed by atoms with van der Waals surface area (Å²) in [5.41, 5.74) is 0.345. The van der Waals surface area contributed by atoms with Crippen molar-refractivity contribution in [2.24, 2.45) is 0 Å². The molecule has 0 spiro atoms. The number of aryl methyl sites for hydroxylation is 1. The molecule has 146 valence electrons. The van der Waals surface area contributed by atoms with Gasteiger partial charge in [0.1, 0.15) is 17.1 Å². The number of hydrogen-bond acceptors (Lipinski definition) is 6. The summed E-state index contributed by atoms with van der Waals surface area (Å²) in [5.74, 6) is -1.41. The summed E-state index contributed by atoms with van der Waals surface area (Å²) in [6.07, 6.45) is 3.04. The Bertz CT molecular complexity index is 818. The maximum atomic E-state index is 12.5. The van der Waals surface area contributed by atoms with E-state index in [0.29, 0.717) is 17.0 Å². The number of amides is 4. The number of hydrogen-bond donors (Lipinski definition) is 2. The molecule has 1 fully saturated rings. The lowest BCUT2D eigenvalue weighted by atomic mass is 9.99. The van der Waals surface area contributed by atoms with Crippen LogP contribution in [0.4, 0.5) is 9.80 Å². The van der Waals surface area contributed by atoms with E-state index in [-0.39, 0.29) is 6.61 Å². The van der Waals surface area contributed by atoms with Gasteiger partial charge in [0.25, 0.3) is 5.91 Å². The van der Waals surface area contributed by atoms with Crippen LogP contribution >= 0.6 is 11.3 Å². The molecule has 2 heterocycles. The predicted octanol–water partition coefficient (Wildman–Crippen LogP) is 2.07. The molecule has 0 unspecified atom stereocenters. The van der Waals surface area contributed by atoms with Crippen LogP contribution in [0.5, 0.6) is 0 Å². The second kappa shape index (κ2) is 7.30. The van der Waals surface area contributed by atoms with Crippen molar-refractivity contribution in [3.05, 3.63) is 16.0 Å². The number of fused-ring (bicyclic) bond motifs is 1. The van der Waals surface area contributed by atoms with Gasteiger partial charge in [0.2, 0.25) is 5.91 Å². The Morgan fingerprint density at radius 3 is 2.67 bits per heavy atom. The molecule has 9 heteroatoms. The highest BCUT2D eigenvalue weighted by Crippen LogP contribution is 2.39. The molecule has 2 aliphatic rings. The van der Waals surface area contributed by atoms with E-state index in [1.807, 2.05) is 0 Å². The van der Waals surface area contributed by atoms with Gasteiger partial charge in [0.15, 0.2) is 0 Å². The fraction of sp³-hybridized carbons (Fsp3) is 0.556. The van der Waals surface area contributed by atoms with Gasteiger partial charge in [0.05, 0.1) is 12.2 Å². The molecule has 4 amide bonds. The lowest BCUT2D eigenvalue weighted by molar-refractivity contribution is -0.133. The fourth-order valence-electron chi connectivity index (χ4n) is 3.35. The van der Waals surface area contributed by atoms with Crippen molar-refractivity contribution in [3.8, 4) is 0 Å². The highest BCUT2D eigenvalue weighted by Gasteiger charge is 2.47. The molecule has 8 nitrogen and oxygen atoms in total. The first-order valence-corrected chi connectivity index (χ1v) is 9.88. The van der Waals surface area contributed by atoms with Crippen molar-refractivity contribution in [1.29, 1.82) is 0 Å². The number of imide groups is 1. The number of nitrogens with one attached hydrogen (secondary N) is 2. The fourth-order valence-corrected chi connectivity index (χ4v) is 4.65. The molecule has 1 aromatic rings. The average molecular weight is 393 g/mol. The van der Waals surface area contributed by atoms with E-state index in [9.17, 15) is 19.2 Å². The minimum Gasteiger partial charge on any atom is -0.462 e. The minimum absolute atomic E-state index is 0.245. The highest BCUT2D eigenvalue weighted by molar-refractivity contribution is 7.17. The summed E-state index contributed by atoms with van der Waals surface area (Å²) >= 11 is 1.36. The smallest absolute Gasteiger partial charge is 0.341 e. The van der Waals surface area contributed by atoms with Crippen LogP contribution < -0.4 is 10.6 Å². The molecule has 1 aliphatic carbocycles. The first kappa shape index (κ1) is 19.3. The lowest BCUT2D eigenvalue weighted by Crippen LogP contribution is -2.44. The zero-order valence-corrected chi connectivity index (χ0v) is 16.5. The molecule has 1 aromatic heterocycles. The Morgan fingerprint density at radius 1 is 1.30 bits per heavy atom. The van der Waals surface area contributed by atoms with Gasteiger partial charge in [-0.25, -0.2) is 9.59 Å². The minimum atomic E-state index is -0.989. The van der Waals surface area contributed by atoms with E-state index in [2.05, 4.69) is 10.6 Å². The van der Waals surface area contributed by atoms with Crippen LogP contribution in [0.15, 0.2) is 0 Å². The van der Waals surface area contributed by atoms with Gasteiger partial charge in [0, 0.05) is 4.88 Å². The van der Waals surface area contributed by atoms with E-state index in [0.717, 1.165) is 34.6 Å². The summed E-state index contributed by atoms with van der Waals surface area (Å²) in [4.78, 5) is 51.3. The summed E-state index contributed by atoms with van der Waals surface area (Å²) in [5, 5.41) is 5.73. The van der Waals surface area contributed by atoms with Gasteiger partial charge >= 0.3 is 12.0 Å². The molecule has 1 saturated heterocycles. The van der Waals surface area contributed by atoms with Gasteiger partial charge < -0.3 is 15.4 Å². The number of rotatable bonds is 6. The third-order valence-corrected chi connectivity index (χ3v) is 6.22. The molecule has 0 radical (unpaired) electrons. The van der Waals surface area contributed by atoms with Crippen molar-refractivity contribution in [1.82, 2.24) is 10.2 Å². The zero-order chi connectivity index (χ0) is 19.8. The Hall–Kier alpha value is -2.42. The lowest BCUT2D eigenvalue weighted by Gasteiger charge is -2.19. The van der Waals surface area contributed by atoms with Crippen LogP contribution in [0, 0.1) is 0 Å². The van der Waals surface area contributed by atoms with Crippen molar-refractivity contribution in [2.45, 2.75) is 52.0 Å². The van der Waals surface area contributed by atoms with Crippen LogP contribution in [-0.4, -0.2) is 47.4 Å². The van der Waals surface area contributed by atoms with Gasteiger partial charge in [-0.15, -0.1) is 11.3 Å². The Balaban J connectivity index is 1.76. The summed E-state index contributed by atoms with van der Waals surface area (Å²) in [6.45, 7) is 5.00. The van der Waals surface area contributed by atoms with Crippen LogP contribution in [0.25, 0.3) is 0 Å². The van der Waals surface area contributed by atoms with E-state index < -0.39 is 35.9 Å². The molecular weight excluding hydrogens is 370 g/mol. The van der Waals surface area contributed by atoms with Crippen LogP contribution in [0.3, 0.4) is 0 Å². The standard InChI is InChI=1S/C18H23N3O5S/c1-4-18(3)16(24)21(17(25)20-18)9-12(22)19-14-13(15(23)26-5-2)10-7-6-8-11(10)27-14/h4-9H2,1-3H3,(H,19,22)(H,20,25)/t18-/m1/s1. The van der Waals surface area contributed by atoms with E-state index in [1.165, 1.54) is 11.3 Å². The molecule has 0 aromatic carbocycles.